The van der Waals surface area contributed by atoms with E-state index in [2.05, 4.69) is 26.0 Å². The molecule has 0 aromatic carbocycles. The van der Waals surface area contributed by atoms with Gasteiger partial charge in [-0.3, -0.25) is 9.59 Å². The van der Waals surface area contributed by atoms with Crippen molar-refractivity contribution >= 4 is 11.9 Å². The van der Waals surface area contributed by atoms with Gasteiger partial charge in [-0.25, -0.2) is 0 Å². The zero-order chi connectivity index (χ0) is 24.4. The van der Waals surface area contributed by atoms with Crippen LogP contribution in [0.3, 0.4) is 0 Å². The van der Waals surface area contributed by atoms with Crippen molar-refractivity contribution in [2.75, 3.05) is 0 Å². The summed E-state index contributed by atoms with van der Waals surface area (Å²) in [4.78, 5) is 23.1. The second kappa shape index (κ2) is 25.3. The van der Waals surface area contributed by atoms with E-state index >= 15 is 0 Å². The van der Waals surface area contributed by atoms with Crippen molar-refractivity contribution in [2.24, 2.45) is 0 Å². The molecular formula is C29H54O4. The molecule has 0 aliphatic carbocycles. The lowest BCUT2D eigenvalue weighted by molar-refractivity contribution is -0.150. The van der Waals surface area contributed by atoms with Crippen molar-refractivity contribution < 1.29 is 19.4 Å². The molecular weight excluding hydrogens is 412 g/mol. The molecule has 0 aliphatic heterocycles. The lowest BCUT2D eigenvalue weighted by Crippen LogP contribution is -2.18. The van der Waals surface area contributed by atoms with Crippen LogP contribution >= 0.6 is 0 Å². The van der Waals surface area contributed by atoms with E-state index in [4.69, 9.17) is 9.84 Å². The maximum absolute atomic E-state index is 12.3. The number of rotatable bonds is 25. The lowest BCUT2D eigenvalue weighted by Gasteiger charge is -2.18. The molecule has 4 nitrogen and oxygen atoms in total. The Bertz CT molecular complexity index is 472. The Balaban J connectivity index is 3.90. The molecule has 0 aliphatic rings. The third-order valence-corrected chi connectivity index (χ3v) is 6.24. The van der Waals surface area contributed by atoms with E-state index in [-0.39, 0.29) is 18.5 Å². The van der Waals surface area contributed by atoms with Gasteiger partial charge in [0.2, 0.25) is 0 Å². The first-order valence-corrected chi connectivity index (χ1v) is 14.2. The van der Waals surface area contributed by atoms with Gasteiger partial charge < -0.3 is 9.84 Å². The van der Waals surface area contributed by atoms with Gasteiger partial charge in [0.15, 0.2) is 0 Å². The molecule has 1 atom stereocenters. The Kier molecular flexibility index (Phi) is 24.3. The van der Waals surface area contributed by atoms with Crippen molar-refractivity contribution in [1.29, 1.82) is 0 Å². The fourth-order valence-electron chi connectivity index (χ4n) is 4.10. The second-order valence-corrected chi connectivity index (χ2v) is 9.58. The molecule has 0 heterocycles. The van der Waals surface area contributed by atoms with Gasteiger partial charge in [0.05, 0.1) is 0 Å². The van der Waals surface area contributed by atoms with Crippen molar-refractivity contribution in [1.82, 2.24) is 0 Å². The Morgan fingerprint density at radius 1 is 0.636 bits per heavy atom. The summed E-state index contributed by atoms with van der Waals surface area (Å²) >= 11 is 0. The van der Waals surface area contributed by atoms with E-state index in [0.717, 1.165) is 38.5 Å². The largest absolute Gasteiger partial charge is 0.481 e. The standard InChI is InChI=1S/C29H54O4/c1-3-5-7-9-11-12-13-14-15-16-18-20-26-29(32)33-27(24-21-22-25-28(30)31)23-19-17-10-8-6-4-2/h9,11,27H,3-8,10,12-26H2,1-2H3,(H,30,31)/b11-9-. The summed E-state index contributed by atoms with van der Waals surface area (Å²) in [5.41, 5.74) is 0. The number of hydrogen-bond acceptors (Lipinski definition) is 3. The zero-order valence-electron chi connectivity index (χ0n) is 22.0. The Hall–Kier alpha value is -1.32. The minimum Gasteiger partial charge on any atom is -0.481 e. The van der Waals surface area contributed by atoms with Crippen LogP contribution in [0.4, 0.5) is 0 Å². The van der Waals surface area contributed by atoms with Gasteiger partial charge in [-0.05, 0) is 57.8 Å². The van der Waals surface area contributed by atoms with Crippen LogP contribution in [-0.4, -0.2) is 23.1 Å². The molecule has 0 bridgehead atoms. The summed E-state index contributed by atoms with van der Waals surface area (Å²) in [5, 5.41) is 8.82. The summed E-state index contributed by atoms with van der Waals surface area (Å²) < 4.78 is 5.79. The van der Waals surface area contributed by atoms with Crippen molar-refractivity contribution in [2.45, 2.75) is 161 Å². The van der Waals surface area contributed by atoms with E-state index in [1.807, 2.05) is 0 Å². The summed E-state index contributed by atoms with van der Waals surface area (Å²) in [6.07, 6.45) is 27.9. The molecule has 0 saturated heterocycles. The molecule has 0 spiro atoms. The molecule has 0 radical (unpaired) electrons. The smallest absolute Gasteiger partial charge is 0.306 e. The van der Waals surface area contributed by atoms with Gasteiger partial charge in [-0.15, -0.1) is 0 Å². The topological polar surface area (TPSA) is 63.6 Å². The Labute approximate surface area is 204 Å². The van der Waals surface area contributed by atoms with Gasteiger partial charge in [0.1, 0.15) is 6.10 Å². The van der Waals surface area contributed by atoms with Crippen LogP contribution in [0, 0.1) is 0 Å². The first kappa shape index (κ1) is 31.7. The van der Waals surface area contributed by atoms with E-state index in [0.29, 0.717) is 12.8 Å². The predicted molar refractivity (Wildman–Crippen MR) is 140 cm³/mol. The number of carbonyl (C=O) groups excluding carboxylic acids is 1. The van der Waals surface area contributed by atoms with Crippen molar-refractivity contribution in [3.8, 4) is 0 Å². The van der Waals surface area contributed by atoms with Crippen LogP contribution in [0.2, 0.25) is 0 Å². The van der Waals surface area contributed by atoms with Gasteiger partial charge in [-0.2, -0.15) is 0 Å². The quantitative estimate of drug-likeness (QED) is 0.0827. The van der Waals surface area contributed by atoms with Crippen LogP contribution in [0.5, 0.6) is 0 Å². The molecule has 194 valence electrons. The number of unbranched alkanes of at least 4 members (excludes halogenated alkanes) is 14. The molecule has 33 heavy (non-hydrogen) atoms. The van der Waals surface area contributed by atoms with Gasteiger partial charge >= 0.3 is 11.9 Å². The van der Waals surface area contributed by atoms with Crippen LogP contribution in [-0.2, 0) is 14.3 Å². The maximum Gasteiger partial charge on any atom is 0.306 e. The molecule has 0 aromatic heterocycles. The summed E-state index contributed by atoms with van der Waals surface area (Å²) in [7, 11) is 0. The van der Waals surface area contributed by atoms with Crippen LogP contribution in [0.25, 0.3) is 0 Å². The Morgan fingerprint density at radius 2 is 1.12 bits per heavy atom. The van der Waals surface area contributed by atoms with Crippen LogP contribution in [0.1, 0.15) is 155 Å². The summed E-state index contributed by atoms with van der Waals surface area (Å²) in [6.45, 7) is 4.45. The van der Waals surface area contributed by atoms with E-state index < -0.39 is 5.97 Å². The number of carboxylic acid groups (broad SMARTS) is 1. The number of esters is 1. The average molecular weight is 467 g/mol. The number of allylic oxidation sites excluding steroid dienone is 2. The number of carbonyl (C=O) groups is 2. The highest BCUT2D eigenvalue weighted by molar-refractivity contribution is 5.69. The first-order chi connectivity index (χ1) is 16.1. The highest BCUT2D eigenvalue weighted by Crippen LogP contribution is 2.17. The average Bonchev–Trinajstić information content (AvgIpc) is 2.79. The number of aliphatic carboxylic acids is 1. The molecule has 0 fully saturated rings. The minimum absolute atomic E-state index is 0.0390. The fraction of sp³-hybridized carbons (Fsp3) is 0.862. The third-order valence-electron chi connectivity index (χ3n) is 6.24. The van der Waals surface area contributed by atoms with Gasteiger partial charge in [-0.1, -0.05) is 96.6 Å². The SMILES string of the molecule is CCCC/C=C\CCCCCCCCC(=O)OC(CCCCCCCC)CCCCC(=O)O. The highest BCUT2D eigenvalue weighted by Gasteiger charge is 2.14. The molecule has 1 N–H and O–H groups in total. The van der Waals surface area contributed by atoms with Crippen LogP contribution in [0.15, 0.2) is 12.2 Å². The fourth-order valence-corrected chi connectivity index (χ4v) is 4.10. The molecule has 0 rings (SSSR count). The van der Waals surface area contributed by atoms with E-state index in [1.165, 1.54) is 83.5 Å². The van der Waals surface area contributed by atoms with Crippen LogP contribution < -0.4 is 0 Å². The third kappa shape index (κ3) is 25.1. The molecule has 1 unspecified atom stereocenters. The number of hydrogen-bond donors (Lipinski definition) is 1. The number of carboxylic acids is 1. The molecule has 0 aromatic rings. The molecule has 0 amide bonds. The zero-order valence-corrected chi connectivity index (χ0v) is 22.0. The second-order valence-electron chi connectivity index (χ2n) is 9.58. The van der Waals surface area contributed by atoms with E-state index in [1.54, 1.807) is 0 Å². The van der Waals surface area contributed by atoms with Crippen molar-refractivity contribution in [3.05, 3.63) is 12.2 Å². The summed E-state index contributed by atoms with van der Waals surface area (Å²) in [6, 6.07) is 0. The number of ether oxygens (including phenoxy) is 1. The van der Waals surface area contributed by atoms with E-state index in [9.17, 15) is 9.59 Å². The summed E-state index contributed by atoms with van der Waals surface area (Å²) in [5.74, 6) is -0.815. The predicted octanol–water partition coefficient (Wildman–Crippen LogP) is 9.16. The normalized spacial score (nSPS) is 12.3. The highest BCUT2D eigenvalue weighted by atomic mass is 16.5. The first-order valence-electron chi connectivity index (χ1n) is 14.2. The Morgan fingerprint density at radius 3 is 1.76 bits per heavy atom. The molecule has 4 heteroatoms. The molecule has 0 saturated carbocycles. The van der Waals surface area contributed by atoms with Crippen molar-refractivity contribution in [3.63, 3.8) is 0 Å². The lowest BCUT2D eigenvalue weighted by atomic mass is 10.0. The monoisotopic (exact) mass is 466 g/mol. The van der Waals surface area contributed by atoms with Gasteiger partial charge in [0, 0.05) is 12.8 Å². The maximum atomic E-state index is 12.3. The van der Waals surface area contributed by atoms with Gasteiger partial charge in [0.25, 0.3) is 0 Å². The minimum atomic E-state index is -0.747.